The lowest BCUT2D eigenvalue weighted by molar-refractivity contribution is 0.156. The van der Waals surface area contributed by atoms with Crippen LogP contribution in [-0.4, -0.2) is 32.8 Å². The number of benzene rings is 1. The van der Waals surface area contributed by atoms with E-state index in [9.17, 15) is 0 Å². The van der Waals surface area contributed by atoms with Gasteiger partial charge in [0.1, 0.15) is 12.2 Å². The molecule has 1 aliphatic heterocycles. The smallest absolute Gasteiger partial charge is 0.147 e. The summed E-state index contributed by atoms with van der Waals surface area (Å²) in [6, 6.07) is 6.13. The van der Waals surface area contributed by atoms with Gasteiger partial charge in [0.15, 0.2) is 0 Å². The van der Waals surface area contributed by atoms with E-state index in [2.05, 4.69) is 35.6 Å². The van der Waals surface area contributed by atoms with Crippen molar-refractivity contribution in [1.29, 1.82) is 0 Å². The first kappa shape index (κ1) is 14.0. The molecule has 0 amide bonds. The van der Waals surface area contributed by atoms with E-state index in [1.807, 2.05) is 18.2 Å². The van der Waals surface area contributed by atoms with Crippen molar-refractivity contribution in [3.05, 3.63) is 45.4 Å². The van der Waals surface area contributed by atoms with E-state index < -0.39 is 0 Å². The van der Waals surface area contributed by atoms with Crippen molar-refractivity contribution in [2.45, 2.75) is 19.1 Å². The average molecular weight is 357 g/mol. The van der Waals surface area contributed by atoms with Gasteiger partial charge < -0.3 is 10.3 Å². The molecule has 5 nitrogen and oxygen atoms in total. The first-order chi connectivity index (χ1) is 9.69. The molecular weight excluding hydrogens is 342 g/mol. The highest BCUT2D eigenvalue weighted by atomic mass is 79.9. The molecule has 7 heteroatoms. The Morgan fingerprint density at radius 2 is 2.25 bits per heavy atom. The van der Waals surface area contributed by atoms with Gasteiger partial charge in [0.2, 0.25) is 0 Å². The number of halogens is 2. The number of fused-ring (bicyclic) bond motifs is 1. The lowest BCUT2D eigenvalue weighted by Gasteiger charge is -2.34. The third-order valence-corrected chi connectivity index (χ3v) is 4.87. The number of rotatable bonds is 3. The fourth-order valence-electron chi connectivity index (χ4n) is 2.57. The molecule has 0 spiro atoms. The fraction of sp³-hybridized carbons (Fsp3) is 0.385. The van der Waals surface area contributed by atoms with Crippen LogP contribution in [0.2, 0.25) is 5.02 Å². The molecule has 0 saturated carbocycles. The topological polar surface area (TPSA) is 60.0 Å². The summed E-state index contributed by atoms with van der Waals surface area (Å²) >= 11 is 9.52. The zero-order valence-electron chi connectivity index (χ0n) is 10.8. The van der Waals surface area contributed by atoms with Gasteiger partial charge in [-0.15, -0.1) is 10.2 Å². The molecule has 0 saturated heterocycles. The Bertz CT molecular complexity index is 615. The number of nitrogens with zero attached hydrogens (tertiary/aromatic N) is 4. The van der Waals surface area contributed by atoms with E-state index in [0.717, 1.165) is 35.5 Å². The Morgan fingerprint density at radius 3 is 3.00 bits per heavy atom. The van der Waals surface area contributed by atoms with Gasteiger partial charge in [-0.25, -0.2) is 0 Å². The molecule has 2 N–H and O–H groups in total. The van der Waals surface area contributed by atoms with Crippen molar-refractivity contribution in [3.8, 4) is 0 Å². The number of hydrogen-bond acceptors (Lipinski definition) is 4. The molecule has 0 aliphatic carbocycles. The molecule has 2 heterocycles. The second-order valence-electron chi connectivity index (χ2n) is 4.84. The maximum absolute atomic E-state index is 6.05. The summed E-state index contributed by atoms with van der Waals surface area (Å²) in [5.74, 6) is 0.989. The predicted octanol–water partition coefficient (Wildman–Crippen LogP) is 2.21. The van der Waals surface area contributed by atoms with Crippen molar-refractivity contribution in [1.82, 2.24) is 19.7 Å². The SMILES string of the molecule is NCC(c1ccc(Cl)c(Br)c1)N1CCn2cnnc2C1. The Balaban J connectivity index is 1.85. The van der Waals surface area contributed by atoms with Crippen LogP contribution in [0.4, 0.5) is 0 Å². The zero-order valence-corrected chi connectivity index (χ0v) is 13.2. The van der Waals surface area contributed by atoms with E-state index in [1.54, 1.807) is 6.33 Å². The highest BCUT2D eigenvalue weighted by molar-refractivity contribution is 9.10. The summed E-state index contributed by atoms with van der Waals surface area (Å²) in [7, 11) is 0. The average Bonchev–Trinajstić information content (AvgIpc) is 2.91. The lowest BCUT2D eigenvalue weighted by atomic mass is 10.0. The van der Waals surface area contributed by atoms with Crippen LogP contribution < -0.4 is 5.73 Å². The van der Waals surface area contributed by atoms with Crippen LogP contribution in [0.1, 0.15) is 17.4 Å². The van der Waals surface area contributed by atoms with Crippen molar-refractivity contribution >= 4 is 27.5 Å². The summed E-state index contributed by atoms with van der Waals surface area (Å²) in [5, 5.41) is 8.81. The minimum absolute atomic E-state index is 0.161. The summed E-state index contributed by atoms with van der Waals surface area (Å²) in [5.41, 5.74) is 7.15. The quantitative estimate of drug-likeness (QED) is 0.916. The molecule has 1 aliphatic rings. The van der Waals surface area contributed by atoms with Gasteiger partial charge in [0, 0.05) is 30.1 Å². The van der Waals surface area contributed by atoms with Gasteiger partial charge >= 0.3 is 0 Å². The van der Waals surface area contributed by atoms with Gasteiger partial charge in [-0.3, -0.25) is 4.90 Å². The van der Waals surface area contributed by atoms with E-state index >= 15 is 0 Å². The Labute approximate surface area is 130 Å². The molecule has 20 heavy (non-hydrogen) atoms. The van der Waals surface area contributed by atoms with Gasteiger partial charge in [0.25, 0.3) is 0 Å². The fourth-order valence-corrected chi connectivity index (χ4v) is 3.08. The molecule has 0 fully saturated rings. The maximum atomic E-state index is 6.05. The van der Waals surface area contributed by atoms with Crippen molar-refractivity contribution in [2.24, 2.45) is 5.73 Å². The third kappa shape index (κ3) is 2.61. The first-order valence-corrected chi connectivity index (χ1v) is 7.62. The van der Waals surface area contributed by atoms with Gasteiger partial charge in [-0.05, 0) is 33.6 Å². The molecule has 106 valence electrons. The first-order valence-electron chi connectivity index (χ1n) is 6.45. The second kappa shape index (κ2) is 5.81. The van der Waals surface area contributed by atoms with E-state index in [0.29, 0.717) is 11.6 Å². The Hall–Kier alpha value is -0.950. The van der Waals surface area contributed by atoms with Crippen molar-refractivity contribution in [3.63, 3.8) is 0 Å². The van der Waals surface area contributed by atoms with Crippen LogP contribution in [0.25, 0.3) is 0 Å². The van der Waals surface area contributed by atoms with Gasteiger partial charge in [-0.2, -0.15) is 0 Å². The molecule has 1 atom stereocenters. The summed E-state index contributed by atoms with van der Waals surface area (Å²) in [6.07, 6.45) is 1.78. The highest BCUT2D eigenvalue weighted by Gasteiger charge is 2.25. The molecule has 1 aromatic carbocycles. The van der Waals surface area contributed by atoms with Gasteiger partial charge in [-0.1, -0.05) is 17.7 Å². The van der Waals surface area contributed by atoms with E-state index in [-0.39, 0.29) is 6.04 Å². The predicted molar refractivity (Wildman–Crippen MR) is 81.4 cm³/mol. The van der Waals surface area contributed by atoms with Crippen LogP contribution >= 0.6 is 27.5 Å². The highest BCUT2D eigenvalue weighted by Crippen LogP contribution is 2.29. The van der Waals surface area contributed by atoms with Crippen LogP contribution in [0.3, 0.4) is 0 Å². The lowest BCUT2D eigenvalue weighted by Crippen LogP contribution is -2.39. The van der Waals surface area contributed by atoms with Crippen LogP contribution in [0.15, 0.2) is 29.0 Å². The second-order valence-corrected chi connectivity index (χ2v) is 6.10. The molecule has 1 unspecified atom stereocenters. The van der Waals surface area contributed by atoms with Crippen LogP contribution in [0, 0.1) is 0 Å². The van der Waals surface area contributed by atoms with Crippen LogP contribution in [-0.2, 0) is 13.1 Å². The normalized spacial score (nSPS) is 16.9. The third-order valence-electron chi connectivity index (χ3n) is 3.66. The standard InChI is InChI=1S/C13H15BrClN5/c14-10-5-9(1-2-11(10)15)12(6-16)19-3-4-20-8-17-18-13(20)7-19/h1-2,5,8,12H,3-4,6-7,16H2. The van der Waals surface area contributed by atoms with Crippen molar-refractivity contribution < 1.29 is 0 Å². The van der Waals surface area contributed by atoms with Crippen molar-refractivity contribution in [2.75, 3.05) is 13.1 Å². The largest absolute Gasteiger partial charge is 0.329 e. The number of aromatic nitrogens is 3. The monoisotopic (exact) mass is 355 g/mol. The molecule has 0 radical (unpaired) electrons. The molecule has 0 bridgehead atoms. The van der Waals surface area contributed by atoms with Gasteiger partial charge in [0.05, 0.1) is 11.6 Å². The summed E-state index contributed by atoms with van der Waals surface area (Å²) in [6.45, 7) is 3.16. The number of nitrogens with two attached hydrogens (primary N) is 1. The van der Waals surface area contributed by atoms with E-state index in [4.69, 9.17) is 17.3 Å². The summed E-state index contributed by atoms with van der Waals surface area (Å²) < 4.78 is 2.98. The maximum Gasteiger partial charge on any atom is 0.147 e. The van der Waals surface area contributed by atoms with Crippen LogP contribution in [0.5, 0.6) is 0 Å². The van der Waals surface area contributed by atoms with E-state index in [1.165, 1.54) is 0 Å². The number of hydrogen-bond donors (Lipinski definition) is 1. The molecular formula is C13H15BrClN5. The Morgan fingerprint density at radius 1 is 1.40 bits per heavy atom. The summed E-state index contributed by atoms with van der Waals surface area (Å²) in [4.78, 5) is 2.33. The molecule has 2 aromatic rings. The Kier molecular flexibility index (Phi) is 4.07. The molecule has 3 rings (SSSR count). The minimum Gasteiger partial charge on any atom is -0.329 e. The molecule has 1 aromatic heterocycles. The zero-order chi connectivity index (χ0) is 14.1. The minimum atomic E-state index is 0.161.